The van der Waals surface area contributed by atoms with Gasteiger partial charge in [-0.2, -0.15) is 0 Å². The highest BCUT2D eigenvalue weighted by atomic mass is 35.5. The van der Waals surface area contributed by atoms with Crippen LogP contribution in [0.5, 0.6) is 0 Å². The molecule has 0 aliphatic rings. The molecule has 0 aliphatic heterocycles. The third kappa shape index (κ3) is 2.69. The summed E-state index contributed by atoms with van der Waals surface area (Å²) in [7, 11) is 2.05. The van der Waals surface area contributed by atoms with Crippen molar-refractivity contribution in [3.63, 3.8) is 0 Å². The van der Waals surface area contributed by atoms with Gasteiger partial charge < -0.3 is 9.88 Å². The number of benzene rings is 2. The molecule has 2 aromatic carbocycles. The van der Waals surface area contributed by atoms with E-state index in [4.69, 9.17) is 11.6 Å². The van der Waals surface area contributed by atoms with Crippen molar-refractivity contribution in [1.29, 1.82) is 0 Å². The van der Waals surface area contributed by atoms with Gasteiger partial charge in [0.15, 0.2) is 0 Å². The van der Waals surface area contributed by atoms with Gasteiger partial charge in [0.25, 0.3) is 0 Å². The standard InChI is InChI=1S/C16H16ClN3/c1-20-15-5-3-2-4-14(15)19-16(20)11-18-10-12-6-8-13(17)9-7-12/h2-9,18H,10-11H2,1H3. The van der Waals surface area contributed by atoms with E-state index in [0.29, 0.717) is 0 Å². The average Bonchev–Trinajstić information content (AvgIpc) is 2.78. The Bertz CT molecular complexity index is 716. The summed E-state index contributed by atoms with van der Waals surface area (Å²) in [5.41, 5.74) is 3.42. The second kappa shape index (κ2) is 5.65. The van der Waals surface area contributed by atoms with Crippen molar-refractivity contribution in [3.8, 4) is 0 Å². The first-order chi connectivity index (χ1) is 9.74. The Morgan fingerprint density at radius 3 is 2.55 bits per heavy atom. The third-order valence-electron chi connectivity index (χ3n) is 3.41. The largest absolute Gasteiger partial charge is 0.330 e. The molecule has 0 radical (unpaired) electrons. The van der Waals surface area contributed by atoms with Crippen LogP contribution in [0.25, 0.3) is 11.0 Å². The molecule has 0 bridgehead atoms. The van der Waals surface area contributed by atoms with Gasteiger partial charge in [-0.3, -0.25) is 0 Å². The molecule has 1 N–H and O–H groups in total. The Hall–Kier alpha value is -1.84. The summed E-state index contributed by atoms with van der Waals surface area (Å²) in [5.74, 6) is 1.04. The highest BCUT2D eigenvalue weighted by molar-refractivity contribution is 6.30. The Morgan fingerprint density at radius 1 is 1.05 bits per heavy atom. The van der Waals surface area contributed by atoms with Crippen molar-refractivity contribution in [2.45, 2.75) is 13.1 Å². The van der Waals surface area contributed by atoms with Crippen LogP contribution in [-0.4, -0.2) is 9.55 Å². The summed E-state index contributed by atoms with van der Waals surface area (Å²) >= 11 is 5.87. The maximum Gasteiger partial charge on any atom is 0.123 e. The fourth-order valence-corrected chi connectivity index (χ4v) is 2.40. The van der Waals surface area contributed by atoms with Gasteiger partial charge in [-0.05, 0) is 29.8 Å². The molecule has 102 valence electrons. The van der Waals surface area contributed by atoms with Gasteiger partial charge in [-0.15, -0.1) is 0 Å². The van der Waals surface area contributed by atoms with Crippen LogP contribution in [0, 0.1) is 0 Å². The van der Waals surface area contributed by atoms with Crippen LogP contribution in [0.2, 0.25) is 5.02 Å². The van der Waals surface area contributed by atoms with Crippen LogP contribution in [0.4, 0.5) is 0 Å². The molecule has 0 spiro atoms. The topological polar surface area (TPSA) is 29.9 Å². The molecule has 0 saturated heterocycles. The van der Waals surface area contributed by atoms with E-state index >= 15 is 0 Å². The second-order valence-corrected chi connectivity index (χ2v) is 5.24. The van der Waals surface area contributed by atoms with Crippen LogP contribution in [0.1, 0.15) is 11.4 Å². The predicted molar refractivity (Wildman–Crippen MR) is 82.7 cm³/mol. The van der Waals surface area contributed by atoms with Crippen molar-refractivity contribution in [3.05, 3.63) is 64.9 Å². The molecule has 0 atom stereocenters. The molecular formula is C16H16ClN3. The van der Waals surface area contributed by atoms with Gasteiger partial charge in [0.2, 0.25) is 0 Å². The third-order valence-corrected chi connectivity index (χ3v) is 3.66. The van der Waals surface area contributed by atoms with Gasteiger partial charge >= 0.3 is 0 Å². The molecule has 3 aromatic rings. The molecular weight excluding hydrogens is 270 g/mol. The highest BCUT2D eigenvalue weighted by Crippen LogP contribution is 2.14. The van der Waals surface area contributed by atoms with Crippen LogP contribution in [0.15, 0.2) is 48.5 Å². The van der Waals surface area contributed by atoms with Gasteiger partial charge in [0, 0.05) is 18.6 Å². The number of imidazole rings is 1. The number of nitrogens with one attached hydrogen (secondary N) is 1. The lowest BCUT2D eigenvalue weighted by molar-refractivity contribution is 0.643. The zero-order valence-electron chi connectivity index (χ0n) is 11.3. The number of hydrogen-bond donors (Lipinski definition) is 1. The van der Waals surface area contributed by atoms with Crippen molar-refractivity contribution in [1.82, 2.24) is 14.9 Å². The maximum absolute atomic E-state index is 5.87. The zero-order valence-corrected chi connectivity index (χ0v) is 12.1. The molecule has 0 unspecified atom stereocenters. The molecule has 1 heterocycles. The molecule has 0 saturated carbocycles. The Labute approximate surface area is 123 Å². The smallest absolute Gasteiger partial charge is 0.123 e. The summed E-state index contributed by atoms with van der Waals surface area (Å²) in [4.78, 5) is 4.64. The molecule has 0 fully saturated rings. The van der Waals surface area contributed by atoms with E-state index in [-0.39, 0.29) is 0 Å². The average molecular weight is 286 g/mol. The Kier molecular flexibility index (Phi) is 3.72. The first-order valence-electron chi connectivity index (χ1n) is 6.59. The number of halogens is 1. The van der Waals surface area contributed by atoms with Crippen molar-refractivity contribution >= 4 is 22.6 Å². The van der Waals surface area contributed by atoms with E-state index in [1.54, 1.807) is 0 Å². The lowest BCUT2D eigenvalue weighted by Crippen LogP contribution is -2.15. The molecule has 0 aliphatic carbocycles. The minimum atomic E-state index is 0.744. The molecule has 1 aromatic heterocycles. The van der Waals surface area contributed by atoms with E-state index in [2.05, 4.69) is 28.0 Å². The van der Waals surface area contributed by atoms with E-state index in [1.807, 2.05) is 42.5 Å². The Morgan fingerprint density at radius 2 is 1.80 bits per heavy atom. The van der Waals surface area contributed by atoms with Crippen molar-refractivity contribution in [2.24, 2.45) is 7.05 Å². The van der Waals surface area contributed by atoms with Crippen LogP contribution < -0.4 is 5.32 Å². The summed E-state index contributed by atoms with van der Waals surface area (Å²) in [6, 6.07) is 16.1. The number of fused-ring (bicyclic) bond motifs is 1. The lowest BCUT2D eigenvalue weighted by atomic mass is 10.2. The molecule has 4 heteroatoms. The fourth-order valence-electron chi connectivity index (χ4n) is 2.27. The van der Waals surface area contributed by atoms with Gasteiger partial charge in [-0.1, -0.05) is 35.9 Å². The van der Waals surface area contributed by atoms with E-state index < -0.39 is 0 Å². The summed E-state index contributed by atoms with van der Waals surface area (Å²) in [6.07, 6.45) is 0. The predicted octanol–water partition coefficient (Wildman–Crippen LogP) is 3.52. The second-order valence-electron chi connectivity index (χ2n) is 4.81. The van der Waals surface area contributed by atoms with Crippen LogP contribution in [0.3, 0.4) is 0 Å². The van der Waals surface area contributed by atoms with E-state index in [9.17, 15) is 0 Å². The maximum atomic E-state index is 5.87. The minimum Gasteiger partial charge on any atom is -0.330 e. The summed E-state index contributed by atoms with van der Waals surface area (Å²) in [5, 5.41) is 4.18. The first kappa shape index (κ1) is 13.2. The van der Waals surface area contributed by atoms with Crippen LogP contribution in [-0.2, 0) is 20.1 Å². The summed E-state index contributed by atoms with van der Waals surface area (Å²) in [6.45, 7) is 1.55. The number of hydrogen-bond acceptors (Lipinski definition) is 2. The molecule has 20 heavy (non-hydrogen) atoms. The first-order valence-corrected chi connectivity index (χ1v) is 6.97. The van der Waals surface area contributed by atoms with Crippen molar-refractivity contribution in [2.75, 3.05) is 0 Å². The number of aromatic nitrogens is 2. The van der Waals surface area contributed by atoms with E-state index in [0.717, 1.165) is 35.0 Å². The molecule has 3 nitrogen and oxygen atoms in total. The molecule has 3 rings (SSSR count). The monoisotopic (exact) mass is 285 g/mol. The quantitative estimate of drug-likeness (QED) is 0.795. The summed E-state index contributed by atoms with van der Waals surface area (Å²) < 4.78 is 2.13. The normalized spacial score (nSPS) is 11.1. The van der Waals surface area contributed by atoms with Gasteiger partial charge in [-0.25, -0.2) is 4.98 Å². The fraction of sp³-hybridized carbons (Fsp3) is 0.188. The SMILES string of the molecule is Cn1c(CNCc2ccc(Cl)cc2)nc2ccccc21. The molecule has 0 amide bonds. The lowest BCUT2D eigenvalue weighted by Gasteiger charge is -2.05. The highest BCUT2D eigenvalue weighted by Gasteiger charge is 2.06. The zero-order chi connectivity index (χ0) is 13.9. The minimum absolute atomic E-state index is 0.744. The number of para-hydroxylation sites is 2. The van der Waals surface area contributed by atoms with Gasteiger partial charge in [0.05, 0.1) is 17.6 Å². The number of aryl methyl sites for hydroxylation is 1. The van der Waals surface area contributed by atoms with Gasteiger partial charge in [0.1, 0.15) is 5.82 Å². The van der Waals surface area contributed by atoms with Crippen LogP contribution >= 0.6 is 11.6 Å². The van der Waals surface area contributed by atoms with E-state index in [1.165, 1.54) is 5.56 Å². The van der Waals surface area contributed by atoms with Crippen molar-refractivity contribution < 1.29 is 0 Å². The number of rotatable bonds is 4. The Balaban J connectivity index is 1.68. The number of nitrogens with zero attached hydrogens (tertiary/aromatic N) is 2.